The Balaban J connectivity index is 2.05. The van der Waals surface area contributed by atoms with Crippen LogP contribution in [0.15, 0.2) is 42.5 Å². The minimum Gasteiger partial charge on any atom is -0.350 e. The van der Waals surface area contributed by atoms with E-state index in [9.17, 15) is 14.0 Å². The summed E-state index contributed by atoms with van der Waals surface area (Å²) in [4.78, 5) is 25.1. The third-order valence-electron chi connectivity index (χ3n) is 3.88. The van der Waals surface area contributed by atoms with Crippen LogP contribution < -0.4 is 10.6 Å². The third kappa shape index (κ3) is 6.52. The van der Waals surface area contributed by atoms with Gasteiger partial charge in [-0.2, -0.15) is 0 Å². The van der Waals surface area contributed by atoms with E-state index in [0.717, 1.165) is 5.56 Å². The van der Waals surface area contributed by atoms with Gasteiger partial charge in [0.2, 0.25) is 5.91 Å². The van der Waals surface area contributed by atoms with Gasteiger partial charge in [-0.05, 0) is 48.2 Å². The molecular weight excluding hydrogens is 390 g/mol. The fraction of sp³-hybridized carbons (Fsp3) is 0.300. The highest BCUT2D eigenvalue weighted by Crippen LogP contribution is 2.21. The molecule has 2 amide bonds. The number of hydrogen-bond donors (Lipinski definition) is 2. The van der Waals surface area contributed by atoms with Crippen LogP contribution in [0.3, 0.4) is 0 Å². The molecule has 7 heteroatoms. The van der Waals surface area contributed by atoms with Crippen LogP contribution in [0.1, 0.15) is 36.2 Å². The SMILES string of the molecule is CC(C)CC(NC(=O)c1ccc(Cl)cc1Cl)C(=O)NCc1ccc(F)cc1. The summed E-state index contributed by atoms with van der Waals surface area (Å²) in [7, 11) is 0. The van der Waals surface area contributed by atoms with Gasteiger partial charge in [0, 0.05) is 11.6 Å². The monoisotopic (exact) mass is 410 g/mol. The van der Waals surface area contributed by atoms with Gasteiger partial charge in [0.1, 0.15) is 11.9 Å². The first-order chi connectivity index (χ1) is 12.8. The molecule has 0 aliphatic carbocycles. The average Bonchev–Trinajstić information content (AvgIpc) is 2.59. The second-order valence-electron chi connectivity index (χ2n) is 6.62. The predicted octanol–water partition coefficient (Wildman–Crippen LogP) is 4.59. The lowest BCUT2D eigenvalue weighted by Crippen LogP contribution is -2.47. The van der Waals surface area contributed by atoms with E-state index in [1.807, 2.05) is 13.8 Å². The van der Waals surface area contributed by atoms with Crippen molar-refractivity contribution in [1.82, 2.24) is 10.6 Å². The van der Waals surface area contributed by atoms with E-state index in [0.29, 0.717) is 11.4 Å². The summed E-state index contributed by atoms with van der Waals surface area (Å²) in [6.07, 6.45) is 0.464. The number of carbonyl (C=O) groups excluding carboxylic acids is 2. The maximum absolute atomic E-state index is 13.0. The molecule has 144 valence electrons. The average molecular weight is 411 g/mol. The maximum atomic E-state index is 13.0. The molecule has 0 radical (unpaired) electrons. The van der Waals surface area contributed by atoms with Gasteiger partial charge < -0.3 is 10.6 Å². The molecule has 0 fully saturated rings. The normalized spacial score (nSPS) is 11.9. The molecule has 27 heavy (non-hydrogen) atoms. The van der Waals surface area contributed by atoms with Crippen LogP contribution in [0.25, 0.3) is 0 Å². The van der Waals surface area contributed by atoms with E-state index in [1.54, 1.807) is 18.2 Å². The topological polar surface area (TPSA) is 58.2 Å². The van der Waals surface area contributed by atoms with Crippen LogP contribution in [0.2, 0.25) is 10.0 Å². The zero-order chi connectivity index (χ0) is 20.0. The van der Waals surface area contributed by atoms with Crippen molar-refractivity contribution in [2.45, 2.75) is 32.9 Å². The quantitative estimate of drug-likeness (QED) is 0.700. The molecule has 1 unspecified atom stereocenters. The largest absolute Gasteiger partial charge is 0.350 e. The van der Waals surface area contributed by atoms with Crippen LogP contribution in [0.5, 0.6) is 0 Å². The van der Waals surface area contributed by atoms with Gasteiger partial charge in [-0.25, -0.2) is 4.39 Å². The van der Waals surface area contributed by atoms with Crippen molar-refractivity contribution in [3.8, 4) is 0 Å². The second kappa shape index (κ2) is 9.72. The van der Waals surface area contributed by atoms with Crippen molar-refractivity contribution in [3.63, 3.8) is 0 Å². The van der Waals surface area contributed by atoms with Crippen molar-refractivity contribution in [2.75, 3.05) is 0 Å². The van der Waals surface area contributed by atoms with Gasteiger partial charge in [-0.15, -0.1) is 0 Å². The van der Waals surface area contributed by atoms with Crippen molar-refractivity contribution in [2.24, 2.45) is 5.92 Å². The number of carbonyl (C=O) groups is 2. The lowest BCUT2D eigenvalue weighted by molar-refractivity contribution is -0.123. The van der Waals surface area contributed by atoms with E-state index in [-0.39, 0.29) is 34.8 Å². The first-order valence-electron chi connectivity index (χ1n) is 8.54. The number of hydrogen-bond acceptors (Lipinski definition) is 2. The summed E-state index contributed by atoms with van der Waals surface area (Å²) >= 11 is 11.9. The zero-order valence-corrected chi connectivity index (χ0v) is 16.6. The molecule has 1 atom stereocenters. The Labute approximate surface area is 168 Å². The molecule has 2 aromatic carbocycles. The third-order valence-corrected chi connectivity index (χ3v) is 4.43. The minimum absolute atomic E-state index is 0.188. The highest BCUT2D eigenvalue weighted by Gasteiger charge is 2.23. The van der Waals surface area contributed by atoms with Gasteiger partial charge in [0.05, 0.1) is 10.6 Å². The number of nitrogens with one attached hydrogen (secondary N) is 2. The Hall–Kier alpha value is -2.11. The standard InChI is InChI=1S/C20H21Cl2FN2O2/c1-12(2)9-18(20(27)24-11-13-3-6-15(23)7-4-13)25-19(26)16-8-5-14(21)10-17(16)22/h3-8,10,12,18H,9,11H2,1-2H3,(H,24,27)(H,25,26). The molecule has 0 saturated heterocycles. The van der Waals surface area contributed by atoms with Gasteiger partial charge in [0.25, 0.3) is 5.91 Å². The van der Waals surface area contributed by atoms with Crippen molar-refractivity contribution in [3.05, 3.63) is 69.5 Å². The predicted molar refractivity (Wildman–Crippen MR) is 105 cm³/mol. The van der Waals surface area contributed by atoms with Crippen molar-refractivity contribution >= 4 is 35.0 Å². The van der Waals surface area contributed by atoms with E-state index in [1.165, 1.54) is 24.3 Å². The molecular formula is C20H21Cl2FN2O2. The fourth-order valence-electron chi connectivity index (χ4n) is 2.53. The Bertz CT molecular complexity index is 810. The van der Waals surface area contributed by atoms with E-state index >= 15 is 0 Å². The molecule has 2 rings (SSSR count). The molecule has 0 bridgehead atoms. The van der Waals surface area contributed by atoms with Crippen LogP contribution in [-0.2, 0) is 11.3 Å². The van der Waals surface area contributed by atoms with Crippen LogP contribution in [-0.4, -0.2) is 17.9 Å². The number of benzene rings is 2. The summed E-state index contributed by atoms with van der Waals surface area (Å²) in [6.45, 7) is 4.16. The number of rotatable bonds is 7. The van der Waals surface area contributed by atoms with E-state index in [2.05, 4.69) is 10.6 Å². The Morgan fingerprint density at radius 1 is 1.07 bits per heavy atom. The lowest BCUT2D eigenvalue weighted by atomic mass is 10.0. The summed E-state index contributed by atoms with van der Waals surface area (Å²) in [6, 6.07) is 9.69. The van der Waals surface area contributed by atoms with E-state index < -0.39 is 11.9 Å². The summed E-state index contributed by atoms with van der Waals surface area (Å²) in [5.74, 6) is -0.909. The Morgan fingerprint density at radius 2 is 1.74 bits per heavy atom. The Kier molecular flexibility index (Phi) is 7.63. The van der Waals surface area contributed by atoms with Crippen LogP contribution >= 0.6 is 23.2 Å². The first kappa shape index (κ1) is 21.2. The first-order valence-corrected chi connectivity index (χ1v) is 9.30. The van der Waals surface area contributed by atoms with Gasteiger partial charge in [-0.3, -0.25) is 9.59 Å². The second-order valence-corrected chi connectivity index (χ2v) is 7.47. The molecule has 2 N–H and O–H groups in total. The Morgan fingerprint density at radius 3 is 2.33 bits per heavy atom. The van der Waals surface area contributed by atoms with Gasteiger partial charge in [0.15, 0.2) is 0 Å². The molecule has 2 aromatic rings. The van der Waals surface area contributed by atoms with Crippen LogP contribution in [0.4, 0.5) is 4.39 Å². The minimum atomic E-state index is -0.718. The van der Waals surface area contributed by atoms with E-state index in [4.69, 9.17) is 23.2 Å². The number of halogens is 3. The van der Waals surface area contributed by atoms with Gasteiger partial charge in [-0.1, -0.05) is 49.2 Å². The van der Waals surface area contributed by atoms with Crippen molar-refractivity contribution in [1.29, 1.82) is 0 Å². The smallest absolute Gasteiger partial charge is 0.253 e. The molecule has 0 spiro atoms. The summed E-state index contributed by atoms with van der Waals surface area (Å²) in [5, 5.41) is 6.15. The molecule has 0 aliphatic heterocycles. The summed E-state index contributed by atoms with van der Waals surface area (Å²) in [5.41, 5.74) is 1.02. The zero-order valence-electron chi connectivity index (χ0n) is 15.1. The molecule has 0 aromatic heterocycles. The fourth-order valence-corrected chi connectivity index (χ4v) is 3.02. The highest BCUT2D eigenvalue weighted by molar-refractivity contribution is 6.36. The lowest BCUT2D eigenvalue weighted by Gasteiger charge is -2.20. The maximum Gasteiger partial charge on any atom is 0.253 e. The molecule has 0 saturated carbocycles. The van der Waals surface area contributed by atoms with Gasteiger partial charge >= 0.3 is 0 Å². The number of amides is 2. The molecule has 4 nitrogen and oxygen atoms in total. The highest BCUT2D eigenvalue weighted by atomic mass is 35.5. The molecule has 0 heterocycles. The van der Waals surface area contributed by atoms with Crippen LogP contribution in [0, 0.1) is 11.7 Å². The van der Waals surface area contributed by atoms with Crippen molar-refractivity contribution < 1.29 is 14.0 Å². The summed E-state index contributed by atoms with van der Waals surface area (Å²) < 4.78 is 13.0. The molecule has 0 aliphatic rings.